The number of fused-ring (bicyclic) bond motifs is 3. The molecule has 9 aromatic rings. The summed E-state index contributed by atoms with van der Waals surface area (Å²) in [6, 6.07) is 50.9. The van der Waals surface area contributed by atoms with Crippen molar-refractivity contribution in [2.75, 3.05) is 0 Å². The fraction of sp³-hybridized carbons (Fsp3) is 0.0244. The van der Waals surface area contributed by atoms with Crippen LogP contribution >= 0.6 is 0 Å². The molecule has 0 aliphatic heterocycles. The number of furan rings is 1. The van der Waals surface area contributed by atoms with Crippen LogP contribution < -0.4 is 0 Å². The Morgan fingerprint density at radius 2 is 0.976 bits per heavy atom. The van der Waals surface area contributed by atoms with Crippen molar-refractivity contribution in [2.45, 2.75) is 6.92 Å². The Hall–Kier alpha value is -5.40. The van der Waals surface area contributed by atoms with Gasteiger partial charge in [0.25, 0.3) is 0 Å². The van der Waals surface area contributed by atoms with E-state index in [1.165, 1.54) is 71.3 Å². The predicted molar refractivity (Wildman–Crippen MR) is 178 cm³/mol. The first-order chi connectivity index (χ1) is 20.7. The zero-order valence-electron chi connectivity index (χ0n) is 23.2. The van der Waals surface area contributed by atoms with E-state index in [1.807, 2.05) is 12.1 Å². The van der Waals surface area contributed by atoms with Gasteiger partial charge in [-0.3, -0.25) is 0 Å². The maximum absolute atomic E-state index is 6.08. The molecule has 1 nitrogen and oxygen atoms in total. The van der Waals surface area contributed by atoms with Gasteiger partial charge in [-0.2, -0.15) is 0 Å². The highest BCUT2D eigenvalue weighted by Gasteiger charge is 2.15. The average molecular weight is 535 g/mol. The summed E-state index contributed by atoms with van der Waals surface area (Å²) >= 11 is 0. The third kappa shape index (κ3) is 3.44. The van der Waals surface area contributed by atoms with E-state index >= 15 is 0 Å². The van der Waals surface area contributed by atoms with E-state index in [0.29, 0.717) is 0 Å². The van der Waals surface area contributed by atoms with E-state index < -0.39 is 0 Å². The van der Waals surface area contributed by atoms with Crippen LogP contribution in [0, 0.1) is 6.92 Å². The number of hydrogen-bond donors (Lipinski definition) is 0. The topological polar surface area (TPSA) is 13.1 Å². The molecule has 0 spiro atoms. The summed E-state index contributed by atoms with van der Waals surface area (Å²) in [5, 5.41) is 10.2. The number of hydrogen-bond acceptors (Lipinski definition) is 1. The first-order valence-corrected chi connectivity index (χ1v) is 14.5. The molecule has 42 heavy (non-hydrogen) atoms. The molecule has 0 radical (unpaired) electrons. The number of rotatable bonds is 3. The Bertz CT molecular complexity index is 2460. The molecule has 0 fully saturated rings. The molecule has 8 aromatic carbocycles. The predicted octanol–water partition coefficient (Wildman–Crippen LogP) is 11.8. The highest BCUT2D eigenvalue weighted by molar-refractivity contribution is 6.27. The van der Waals surface area contributed by atoms with Gasteiger partial charge in [-0.15, -0.1) is 0 Å². The molecule has 0 saturated carbocycles. The normalized spacial score (nSPS) is 11.9. The van der Waals surface area contributed by atoms with Crippen molar-refractivity contribution in [2.24, 2.45) is 0 Å². The smallest absolute Gasteiger partial charge is 0.135 e. The highest BCUT2D eigenvalue weighted by atomic mass is 16.3. The first kappa shape index (κ1) is 23.3. The Labute approximate surface area is 243 Å². The zero-order chi connectivity index (χ0) is 27.8. The Morgan fingerprint density at radius 3 is 1.74 bits per heavy atom. The number of aryl methyl sites for hydroxylation is 1. The minimum absolute atomic E-state index is 0.924. The minimum Gasteiger partial charge on any atom is -0.456 e. The number of benzene rings is 8. The van der Waals surface area contributed by atoms with Gasteiger partial charge in [0.15, 0.2) is 0 Å². The van der Waals surface area contributed by atoms with Crippen LogP contribution in [0.4, 0.5) is 0 Å². The van der Waals surface area contributed by atoms with Gasteiger partial charge in [-0.25, -0.2) is 0 Å². The molecule has 0 unspecified atom stereocenters. The van der Waals surface area contributed by atoms with Crippen molar-refractivity contribution in [3.05, 3.63) is 145 Å². The largest absolute Gasteiger partial charge is 0.456 e. The fourth-order valence-electron chi connectivity index (χ4n) is 6.81. The van der Waals surface area contributed by atoms with Gasteiger partial charge in [0.2, 0.25) is 0 Å². The molecule has 0 bridgehead atoms. The lowest BCUT2D eigenvalue weighted by Crippen LogP contribution is -1.90. The minimum atomic E-state index is 0.924. The summed E-state index contributed by atoms with van der Waals surface area (Å²) in [5.41, 5.74) is 10.5. The number of para-hydroxylation sites is 1. The van der Waals surface area contributed by atoms with Crippen LogP contribution in [0.5, 0.6) is 0 Å². The SMILES string of the molecule is Cc1ccc(-c2ccc3ccc4c(-c5cccc(-c6ccc7oc8ccccc8c7c6)c5)ccc5ccc2c3c54)cc1. The van der Waals surface area contributed by atoms with Crippen LogP contribution in [-0.4, -0.2) is 0 Å². The van der Waals surface area contributed by atoms with Gasteiger partial charge in [-0.05, 0) is 96.9 Å². The van der Waals surface area contributed by atoms with Gasteiger partial charge in [0.1, 0.15) is 11.2 Å². The molecule has 1 heterocycles. The summed E-state index contributed by atoms with van der Waals surface area (Å²) in [5.74, 6) is 0. The van der Waals surface area contributed by atoms with E-state index in [0.717, 1.165) is 21.9 Å². The maximum Gasteiger partial charge on any atom is 0.135 e. The summed E-state index contributed by atoms with van der Waals surface area (Å²) < 4.78 is 6.08. The van der Waals surface area contributed by atoms with Crippen LogP contribution in [-0.2, 0) is 0 Å². The van der Waals surface area contributed by atoms with Gasteiger partial charge in [0.05, 0.1) is 0 Å². The summed E-state index contributed by atoms with van der Waals surface area (Å²) in [4.78, 5) is 0. The molecule has 0 atom stereocenters. The second-order valence-corrected chi connectivity index (χ2v) is 11.4. The molecular formula is C41H26O. The van der Waals surface area contributed by atoms with Gasteiger partial charge in [-0.1, -0.05) is 121 Å². The van der Waals surface area contributed by atoms with E-state index in [2.05, 4.69) is 134 Å². The Morgan fingerprint density at radius 1 is 0.381 bits per heavy atom. The molecule has 1 aromatic heterocycles. The van der Waals surface area contributed by atoms with Crippen LogP contribution in [0.2, 0.25) is 0 Å². The lowest BCUT2D eigenvalue weighted by atomic mass is 9.87. The highest BCUT2D eigenvalue weighted by Crippen LogP contribution is 2.43. The van der Waals surface area contributed by atoms with Gasteiger partial charge >= 0.3 is 0 Å². The molecule has 0 amide bonds. The summed E-state index contributed by atoms with van der Waals surface area (Å²) in [6.07, 6.45) is 0. The van der Waals surface area contributed by atoms with E-state index in [-0.39, 0.29) is 0 Å². The van der Waals surface area contributed by atoms with Crippen LogP contribution in [0.25, 0.3) is 87.6 Å². The Kier molecular flexibility index (Phi) is 4.88. The van der Waals surface area contributed by atoms with E-state index in [1.54, 1.807) is 0 Å². The molecular weight excluding hydrogens is 508 g/mol. The fourth-order valence-corrected chi connectivity index (χ4v) is 6.81. The second kappa shape index (κ2) is 8.80. The monoisotopic (exact) mass is 534 g/mol. The molecule has 0 aliphatic carbocycles. The summed E-state index contributed by atoms with van der Waals surface area (Å²) in [6.45, 7) is 2.14. The van der Waals surface area contributed by atoms with Gasteiger partial charge in [0, 0.05) is 10.8 Å². The lowest BCUT2D eigenvalue weighted by molar-refractivity contribution is 0.669. The Balaban J connectivity index is 1.23. The van der Waals surface area contributed by atoms with Crippen molar-refractivity contribution in [1.82, 2.24) is 0 Å². The molecule has 0 aliphatic rings. The average Bonchev–Trinajstić information content (AvgIpc) is 3.42. The van der Waals surface area contributed by atoms with Crippen molar-refractivity contribution in [1.29, 1.82) is 0 Å². The standard InChI is InChI=1S/C41H26O/c1-25-9-11-26(12-10-25)32-18-13-27-16-21-36-33(19-14-28-15-20-35(32)40(27)41(28)36)31-6-4-5-29(23-31)30-17-22-39-37(24-30)34-7-2-3-8-38(34)42-39/h2-24H,1H3. The second-order valence-electron chi connectivity index (χ2n) is 11.4. The molecule has 0 N–H and O–H groups in total. The molecule has 0 saturated heterocycles. The maximum atomic E-state index is 6.08. The zero-order valence-corrected chi connectivity index (χ0v) is 23.2. The molecule has 1 heteroatoms. The molecule has 196 valence electrons. The first-order valence-electron chi connectivity index (χ1n) is 14.5. The summed E-state index contributed by atoms with van der Waals surface area (Å²) in [7, 11) is 0. The third-order valence-electron chi connectivity index (χ3n) is 8.91. The van der Waals surface area contributed by atoms with Crippen molar-refractivity contribution in [3.63, 3.8) is 0 Å². The molecule has 9 rings (SSSR count). The van der Waals surface area contributed by atoms with E-state index in [9.17, 15) is 0 Å². The van der Waals surface area contributed by atoms with Crippen molar-refractivity contribution < 1.29 is 4.42 Å². The van der Waals surface area contributed by atoms with Crippen LogP contribution in [0.15, 0.2) is 144 Å². The van der Waals surface area contributed by atoms with Crippen LogP contribution in [0.1, 0.15) is 5.56 Å². The van der Waals surface area contributed by atoms with Crippen molar-refractivity contribution in [3.8, 4) is 33.4 Å². The van der Waals surface area contributed by atoms with E-state index in [4.69, 9.17) is 4.42 Å². The third-order valence-corrected chi connectivity index (χ3v) is 8.91. The van der Waals surface area contributed by atoms with Crippen molar-refractivity contribution >= 4 is 54.3 Å². The quantitative estimate of drug-likeness (QED) is 0.205. The van der Waals surface area contributed by atoms with Crippen LogP contribution in [0.3, 0.4) is 0 Å². The van der Waals surface area contributed by atoms with Gasteiger partial charge < -0.3 is 4.42 Å². The lowest BCUT2D eigenvalue weighted by Gasteiger charge is -2.17.